The number of nitrogens with one attached hydrogen (secondary N) is 1. The van der Waals surface area contributed by atoms with Gasteiger partial charge in [0.05, 0.1) is 38.0 Å². The van der Waals surface area contributed by atoms with Gasteiger partial charge in [0.2, 0.25) is 5.82 Å². The number of esters is 2. The van der Waals surface area contributed by atoms with Crippen molar-refractivity contribution in [1.82, 2.24) is 14.9 Å². The number of hydrogen-bond donors (Lipinski definition) is 1. The standard InChI is InChI=1S/C19H25N5O9/c1-5-31-18(25)14-11(2)21-12(3)15(19(26)32-8-6-7-9-33-24(29)30)16(14)17-20-10-13(22(17)4)23(27)28/h10,16,21H,5-9H2,1-4H3. The monoisotopic (exact) mass is 467 g/mol. The highest BCUT2D eigenvalue weighted by atomic mass is 16.9. The number of hydrogen-bond acceptors (Lipinski definition) is 11. The molecule has 1 N–H and O–H groups in total. The van der Waals surface area contributed by atoms with Crippen LogP contribution in [0.5, 0.6) is 0 Å². The Morgan fingerprint density at radius 3 is 2.18 bits per heavy atom. The third-order valence-corrected chi connectivity index (χ3v) is 4.89. The van der Waals surface area contributed by atoms with Crippen LogP contribution in [0.3, 0.4) is 0 Å². The first-order chi connectivity index (χ1) is 15.6. The molecule has 0 radical (unpaired) electrons. The van der Waals surface area contributed by atoms with E-state index in [4.69, 9.17) is 9.47 Å². The zero-order valence-corrected chi connectivity index (χ0v) is 18.7. The molecule has 1 unspecified atom stereocenters. The molecular weight excluding hydrogens is 442 g/mol. The van der Waals surface area contributed by atoms with Gasteiger partial charge in [0.25, 0.3) is 5.09 Å². The number of nitro groups is 1. The van der Waals surface area contributed by atoms with E-state index in [1.807, 2.05) is 0 Å². The average molecular weight is 467 g/mol. The lowest BCUT2D eigenvalue weighted by Gasteiger charge is -2.28. The zero-order chi connectivity index (χ0) is 24.7. The molecular formula is C19H25N5O9. The van der Waals surface area contributed by atoms with Crippen LogP contribution in [0.2, 0.25) is 0 Å². The largest absolute Gasteiger partial charge is 0.463 e. The van der Waals surface area contributed by atoms with E-state index in [0.29, 0.717) is 17.8 Å². The third-order valence-electron chi connectivity index (χ3n) is 4.89. The summed E-state index contributed by atoms with van der Waals surface area (Å²) in [6.07, 6.45) is 1.63. The molecule has 0 aromatic carbocycles. The fourth-order valence-electron chi connectivity index (χ4n) is 3.44. The Kier molecular flexibility index (Phi) is 8.48. The minimum Gasteiger partial charge on any atom is -0.463 e. The van der Waals surface area contributed by atoms with Gasteiger partial charge < -0.3 is 29.7 Å². The minimum atomic E-state index is -1.07. The van der Waals surface area contributed by atoms with E-state index in [9.17, 15) is 29.8 Å². The summed E-state index contributed by atoms with van der Waals surface area (Å²) < 4.78 is 11.7. The van der Waals surface area contributed by atoms with Crippen LogP contribution in [-0.4, -0.2) is 51.3 Å². The van der Waals surface area contributed by atoms with Crippen molar-refractivity contribution >= 4 is 17.8 Å². The molecule has 14 nitrogen and oxygen atoms in total. The van der Waals surface area contributed by atoms with Crippen molar-refractivity contribution in [3.63, 3.8) is 0 Å². The van der Waals surface area contributed by atoms with Crippen LogP contribution in [-0.2, 0) is 30.9 Å². The highest BCUT2D eigenvalue weighted by Gasteiger charge is 2.42. The molecule has 1 aromatic rings. The van der Waals surface area contributed by atoms with Crippen LogP contribution < -0.4 is 5.32 Å². The number of unbranched alkanes of at least 4 members (excludes halogenated alkanes) is 1. The molecule has 14 heteroatoms. The first-order valence-corrected chi connectivity index (χ1v) is 10.1. The molecule has 0 amide bonds. The van der Waals surface area contributed by atoms with E-state index in [1.54, 1.807) is 20.8 Å². The van der Waals surface area contributed by atoms with E-state index in [-0.39, 0.29) is 49.0 Å². The van der Waals surface area contributed by atoms with Gasteiger partial charge in [-0.1, -0.05) is 0 Å². The van der Waals surface area contributed by atoms with Crippen LogP contribution in [0.4, 0.5) is 5.82 Å². The van der Waals surface area contributed by atoms with Gasteiger partial charge in [0, 0.05) is 11.4 Å². The lowest BCUT2D eigenvalue weighted by Crippen LogP contribution is -2.33. The van der Waals surface area contributed by atoms with Crippen LogP contribution >= 0.6 is 0 Å². The molecule has 1 atom stereocenters. The van der Waals surface area contributed by atoms with Crippen molar-refractivity contribution in [2.45, 2.75) is 39.5 Å². The van der Waals surface area contributed by atoms with Gasteiger partial charge in [-0.05, 0) is 38.5 Å². The van der Waals surface area contributed by atoms with Crippen molar-refractivity contribution in [3.8, 4) is 0 Å². The third kappa shape index (κ3) is 5.84. The minimum absolute atomic E-state index is 0.0498. The van der Waals surface area contributed by atoms with Crippen LogP contribution in [0.25, 0.3) is 0 Å². The first kappa shape index (κ1) is 25.3. The lowest BCUT2D eigenvalue weighted by molar-refractivity contribution is -0.757. The van der Waals surface area contributed by atoms with Crippen LogP contribution in [0, 0.1) is 20.2 Å². The van der Waals surface area contributed by atoms with E-state index in [0.717, 1.165) is 6.20 Å². The van der Waals surface area contributed by atoms with Crippen molar-refractivity contribution in [2.75, 3.05) is 19.8 Å². The second-order valence-corrected chi connectivity index (χ2v) is 7.05. The van der Waals surface area contributed by atoms with Gasteiger partial charge in [0.1, 0.15) is 12.1 Å². The fraction of sp³-hybridized carbons (Fsp3) is 0.526. The van der Waals surface area contributed by atoms with E-state index in [2.05, 4.69) is 15.1 Å². The Balaban J connectivity index is 2.37. The number of allylic oxidation sites excluding steroid dienone is 2. The van der Waals surface area contributed by atoms with Gasteiger partial charge in [-0.15, -0.1) is 10.1 Å². The molecule has 1 aliphatic rings. The fourth-order valence-corrected chi connectivity index (χ4v) is 3.44. The van der Waals surface area contributed by atoms with E-state index in [1.165, 1.54) is 11.6 Å². The molecule has 0 bridgehead atoms. The molecule has 1 aliphatic heterocycles. The molecule has 0 aliphatic carbocycles. The Morgan fingerprint density at radius 1 is 1.09 bits per heavy atom. The normalized spacial score (nSPS) is 15.7. The van der Waals surface area contributed by atoms with E-state index >= 15 is 0 Å². The molecule has 2 heterocycles. The topological polar surface area (TPSA) is 178 Å². The number of aromatic nitrogens is 2. The lowest BCUT2D eigenvalue weighted by atomic mass is 9.84. The maximum absolute atomic E-state index is 13.0. The second-order valence-electron chi connectivity index (χ2n) is 7.05. The van der Waals surface area contributed by atoms with Gasteiger partial charge in [0.15, 0.2) is 0 Å². The highest BCUT2D eigenvalue weighted by molar-refractivity contribution is 5.99. The van der Waals surface area contributed by atoms with E-state index < -0.39 is 27.9 Å². The molecule has 2 rings (SSSR count). The number of rotatable bonds is 11. The molecule has 0 fully saturated rings. The summed E-state index contributed by atoms with van der Waals surface area (Å²) in [4.78, 5) is 55.0. The van der Waals surface area contributed by atoms with Gasteiger partial charge >= 0.3 is 17.8 Å². The predicted molar refractivity (Wildman–Crippen MR) is 111 cm³/mol. The van der Waals surface area contributed by atoms with Crippen molar-refractivity contribution in [2.24, 2.45) is 7.05 Å². The SMILES string of the molecule is CCOC(=O)C1=C(C)NC(C)=C(C(=O)OCCCCO[N+](=O)[O-])C1c1ncc([N+](=O)[O-])n1C. The Morgan fingerprint density at radius 2 is 1.67 bits per heavy atom. The number of carbonyl (C=O) groups excluding carboxylic acids is 2. The van der Waals surface area contributed by atoms with Crippen molar-refractivity contribution in [1.29, 1.82) is 0 Å². The molecule has 1 aromatic heterocycles. The summed E-state index contributed by atoms with van der Waals surface area (Å²) in [5.74, 6) is -2.76. The number of ether oxygens (including phenoxy) is 2. The molecule has 0 saturated carbocycles. The Bertz CT molecular complexity index is 1010. The maximum atomic E-state index is 13.0. The smallest absolute Gasteiger partial charge is 0.342 e. The summed E-state index contributed by atoms with van der Waals surface area (Å²) in [6.45, 7) is 4.75. The Hall–Kier alpha value is -3.97. The summed E-state index contributed by atoms with van der Waals surface area (Å²) in [6, 6.07) is 0. The molecule has 0 saturated heterocycles. The second kappa shape index (κ2) is 11.1. The highest BCUT2D eigenvalue weighted by Crippen LogP contribution is 2.39. The zero-order valence-electron chi connectivity index (χ0n) is 18.7. The summed E-state index contributed by atoms with van der Waals surface area (Å²) in [7, 11) is 1.41. The Labute approximate surface area is 188 Å². The van der Waals surface area contributed by atoms with Gasteiger partial charge in [-0.2, -0.15) is 0 Å². The number of dihydropyridines is 1. The predicted octanol–water partition coefficient (Wildman–Crippen LogP) is 1.66. The van der Waals surface area contributed by atoms with Crippen LogP contribution in [0.15, 0.2) is 28.7 Å². The molecule has 33 heavy (non-hydrogen) atoms. The van der Waals surface area contributed by atoms with Gasteiger partial charge in [-0.25, -0.2) is 19.1 Å². The number of carbonyl (C=O) groups is 2. The summed E-state index contributed by atoms with van der Waals surface area (Å²) in [5.41, 5.74) is 0.930. The quantitative estimate of drug-likeness (QED) is 0.216. The number of nitrogens with zero attached hydrogens (tertiary/aromatic N) is 4. The van der Waals surface area contributed by atoms with Crippen molar-refractivity contribution in [3.05, 3.63) is 54.8 Å². The van der Waals surface area contributed by atoms with Crippen molar-refractivity contribution < 1.29 is 33.9 Å². The average Bonchev–Trinajstić information content (AvgIpc) is 3.11. The first-order valence-electron chi connectivity index (χ1n) is 10.1. The maximum Gasteiger partial charge on any atom is 0.342 e. The van der Waals surface area contributed by atoms with Crippen LogP contribution in [0.1, 0.15) is 45.4 Å². The summed E-state index contributed by atoms with van der Waals surface area (Å²) in [5, 5.41) is 23.6. The summed E-state index contributed by atoms with van der Waals surface area (Å²) >= 11 is 0. The molecule has 180 valence electrons. The number of imidazole rings is 1. The van der Waals surface area contributed by atoms with Gasteiger partial charge in [-0.3, -0.25) is 0 Å². The molecule has 0 spiro atoms.